The third-order valence-electron chi connectivity index (χ3n) is 6.33. The lowest BCUT2D eigenvalue weighted by molar-refractivity contribution is -0.0780. The Hall–Kier alpha value is -1.70. The minimum atomic E-state index is -0.494. The van der Waals surface area contributed by atoms with Gasteiger partial charge in [0.15, 0.2) is 0 Å². The van der Waals surface area contributed by atoms with E-state index in [9.17, 15) is 9.59 Å². The minimum absolute atomic E-state index is 0.0464. The normalized spacial score (nSPS) is 27.1. The van der Waals surface area contributed by atoms with Crippen molar-refractivity contribution in [2.24, 2.45) is 0 Å². The first-order chi connectivity index (χ1) is 18.1. The number of amides is 2. The fraction of sp³-hybridized carbons (Fsp3) is 0.926. The summed E-state index contributed by atoms with van der Waals surface area (Å²) >= 11 is 0. The number of carbonyl (C=O) groups excluding carboxylic acids is 2. The molecular formula is C27H54N4O8. The van der Waals surface area contributed by atoms with Gasteiger partial charge in [0.1, 0.15) is 24.8 Å². The van der Waals surface area contributed by atoms with Gasteiger partial charge in [0.2, 0.25) is 0 Å². The Balaban J connectivity index is 0.000000391. The van der Waals surface area contributed by atoms with Crippen LogP contribution in [0.1, 0.15) is 67.2 Å². The number of hydrogen-bond donors (Lipinski definition) is 3. The van der Waals surface area contributed by atoms with Crippen LogP contribution in [0, 0.1) is 0 Å². The molecule has 3 N–H and O–H groups in total. The van der Waals surface area contributed by atoms with Gasteiger partial charge in [-0.25, -0.2) is 9.59 Å². The van der Waals surface area contributed by atoms with Crippen molar-refractivity contribution in [2.45, 2.75) is 115 Å². The van der Waals surface area contributed by atoms with Gasteiger partial charge < -0.3 is 49.3 Å². The maximum absolute atomic E-state index is 11.9. The summed E-state index contributed by atoms with van der Waals surface area (Å²) in [6, 6.07) is 0.619. The third kappa shape index (κ3) is 14.5. The van der Waals surface area contributed by atoms with Crippen LogP contribution in [0.15, 0.2) is 0 Å². The van der Waals surface area contributed by atoms with Crippen molar-refractivity contribution < 1.29 is 38.0 Å². The molecule has 39 heavy (non-hydrogen) atoms. The summed E-state index contributed by atoms with van der Waals surface area (Å²) in [5.41, 5.74) is -0.986. The van der Waals surface area contributed by atoms with Crippen LogP contribution in [0.5, 0.6) is 0 Å². The van der Waals surface area contributed by atoms with Crippen LogP contribution in [0.25, 0.3) is 0 Å². The van der Waals surface area contributed by atoms with E-state index in [2.05, 4.69) is 20.9 Å². The Bertz CT molecular complexity index is 726. The van der Waals surface area contributed by atoms with Crippen LogP contribution in [-0.4, -0.2) is 114 Å². The van der Waals surface area contributed by atoms with E-state index >= 15 is 0 Å². The average Bonchev–Trinajstić information content (AvgIpc) is 3.37. The fourth-order valence-electron chi connectivity index (χ4n) is 4.53. The van der Waals surface area contributed by atoms with Gasteiger partial charge in [-0.1, -0.05) is 0 Å². The molecule has 12 nitrogen and oxygen atoms in total. The lowest BCUT2D eigenvalue weighted by Crippen LogP contribution is -2.44. The van der Waals surface area contributed by atoms with E-state index in [1.807, 2.05) is 62.7 Å². The molecule has 2 aliphatic carbocycles. The van der Waals surface area contributed by atoms with E-state index in [-0.39, 0.29) is 37.9 Å². The van der Waals surface area contributed by atoms with Crippen LogP contribution in [0.3, 0.4) is 0 Å². The average molecular weight is 563 g/mol. The zero-order chi connectivity index (χ0) is 29.8. The number of alkyl carbamates (subject to hydrolysis) is 2. The van der Waals surface area contributed by atoms with Crippen molar-refractivity contribution >= 4 is 12.2 Å². The van der Waals surface area contributed by atoms with Gasteiger partial charge >= 0.3 is 12.2 Å². The second kappa shape index (κ2) is 16.5. The number of nitrogens with one attached hydrogen (secondary N) is 3. The second-order valence-electron chi connectivity index (χ2n) is 12.3. The highest BCUT2D eigenvalue weighted by Crippen LogP contribution is 2.26. The van der Waals surface area contributed by atoms with Crippen molar-refractivity contribution in [3.8, 4) is 0 Å². The molecule has 0 unspecified atom stereocenters. The number of ether oxygens (including phenoxy) is 6. The number of rotatable bonds is 10. The van der Waals surface area contributed by atoms with E-state index < -0.39 is 23.4 Å². The second-order valence-corrected chi connectivity index (χ2v) is 12.3. The van der Waals surface area contributed by atoms with Crippen LogP contribution in [-0.2, 0) is 28.4 Å². The molecule has 230 valence electrons. The van der Waals surface area contributed by atoms with E-state index in [0.29, 0.717) is 12.1 Å². The lowest BCUT2D eigenvalue weighted by Gasteiger charge is -2.24. The molecule has 0 bridgehead atoms. The molecule has 0 aromatic heterocycles. The molecule has 2 fully saturated rings. The SMILES string of the molecule is CN[C@H]1C[C@@H](NC(=O)OC(C)(C)C)[C@H](OCOC)C1.COCO[C@@H]1C[C@@H](N(C)C)C[C@H]1NC(=O)OC(C)(C)C. The Kier molecular flexibility index (Phi) is 15.0. The first-order valence-electron chi connectivity index (χ1n) is 13.6. The van der Waals surface area contributed by atoms with E-state index in [1.54, 1.807) is 14.2 Å². The first kappa shape index (κ1) is 35.3. The minimum Gasteiger partial charge on any atom is -0.444 e. The molecule has 0 spiro atoms. The van der Waals surface area contributed by atoms with Crippen LogP contribution >= 0.6 is 0 Å². The molecule has 2 saturated carbocycles. The quantitative estimate of drug-likeness (QED) is 0.342. The summed E-state index contributed by atoms with van der Waals surface area (Å²) in [5, 5.41) is 9.00. The topological polar surface area (TPSA) is 129 Å². The molecule has 2 amide bonds. The molecule has 12 heteroatoms. The van der Waals surface area contributed by atoms with E-state index in [4.69, 9.17) is 28.4 Å². The lowest BCUT2D eigenvalue weighted by atomic mass is 10.2. The number of hydrogen-bond acceptors (Lipinski definition) is 10. The van der Waals surface area contributed by atoms with Crippen molar-refractivity contribution in [2.75, 3.05) is 48.9 Å². The maximum Gasteiger partial charge on any atom is 0.407 e. The monoisotopic (exact) mass is 562 g/mol. The molecule has 0 saturated heterocycles. The van der Waals surface area contributed by atoms with E-state index in [1.165, 1.54) is 0 Å². The predicted octanol–water partition coefficient (Wildman–Crippen LogP) is 2.84. The number of carbonyl (C=O) groups is 2. The molecule has 0 aromatic carbocycles. The number of nitrogens with zero attached hydrogens (tertiary/aromatic N) is 1. The molecule has 0 aromatic rings. The Labute approximate surface area is 235 Å². The van der Waals surface area contributed by atoms with Crippen LogP contribution in [0.2, 0.25) is 0 Å². The fourth-order valence-corrected chi connectivity index (χ4v) is 4.53. The van der Waals surface area contributed by atoms with Crippen molar-refractivity contribution in [3.63, 3.8) is 0 Å². The maximum atomic E-state index is 11.9. The van der Waals surface area contributed by atoms with Gasteiger partial charge in [0.05, 0.1) is 24.3 Å². The Morgan fingerprint density at radius 3 is 1.56 bits per heavy atom. The smallest absolute Gasteiger partial charge is 0.407 e. The molecule has 0 heterocycles. The van der Waals surface area contributed by atoms with Gasteiger partial charge in [0.25, 0.3) is 0 Å². The summed E-state index contributed by atoms with van der Waals surface area (Å²) < 4.78 is 31.7. The molecule has 6 atom stereocenters. The van der Waals surface area contributed by atoms with Gasteiger partial charge in [-0.15, -0.1) is 0 Å². The summed E-state index contributed by atoms with van der Waals surface area (Å²) in [6.45, 7) is 11.5. The first-order valence-corrected chi connectivity index (χ1v) is 13.6. The predicted molar refractivity (Wildman–Crippen MR) is 149 cm³/mol. The van der Waals surface area contributed by atoms with Gasteiger partial charge in [-0.05, 0) is 88.4 Å². The molecule has 0 radical (unpaired) electrons. The summed E-state index contributed by atoms with van der Waals surface area (Å²) in [4.78, 5) is 25.8. The van der Waals surface area contributed by atoms with Gasteiger partial charge in [-0.2, -0.15) is 0 Å². The molecule has 2 aliphatic rings. The highest BCUT2D eigenvalue weighted by molar-refractivity contribution is 5.68. The van der Waals surface area contributed by atoms with Gasteiger partial charge in [0, 0.05) is 26.3 Å². The van der Waals surface area contributed by atoms with Crippen LogP contribution in [0.4, 0.5) is 9.59 Å². The molecule has 2 rings (SSSR count). The van der Waals surface area contributed by atoms with E-state index in [0.717, 1.165) is 25.7 Å². The standard InChI is InChI=1S/C14H28N2O4.C13H26N2O4/c1-14(2,3)20-13(17)15-11-7-10(16(4)5)8-12(11)19-9-18-6;1-13(2,3)19-12(16)15-10-6-9(14-4)7-11(10)18-8-17-5/h10-12H,7-9H2,1-6H3,(H,15,17);9-11,14H,6-8H2,1-5H3,(H,15,16)/t10-,11+,12+;9-,10+,11+/m00/s1. The molecular weight excluding hydrogens is 508 g/mol. The molecule has 0 aliphatic heterocycles. The number of methoxy groups -OCH3 is 2. The summed E-state index contributed by atoms with van der Waals surface area (Å²) in [6.07, 6.45) is 2.50. The van der Waals surface area contributed by atoms with Gasteiger partial charge in [-0.3, -0.25) is 0 Å². The zero-order valence-corrected chi connectivity index (χ0v) is 25.9. The van der Waals surface area contributed by atoms with Crippen LogP contribution < -0.4 is 16.0 Å². The summed E-state index contributed by atoms with van der Waals surface area (Å²) in [7, 11) is 9.16. The largest absolute Gasteiger partial charge is 0.444 e. The summed E-state index contributed by atoms with van der Waals surface area (Å²) in [5.74, 6) is 0. The van der Waals surface area contributed by atoms with Crippen molar-refractivity contribution in [1.82, 2.24) is 20.9 Å². The highest BCUT2D eigenvalue weighted by atomic mass is 16.7. The highest BCUT2D eigenvalue weighted by Gasteiger charge is 2.38. The Morgan fingerprint density at radius 1 is 0.744 bits per heavy atom. The van der Waals surface area contributed by atoms with Crippen molar-refractivity contribution in [1.29, 1.82) is 0 Å². The third-order valence-corrected chi connectivity index (χ3v) is 6.33. The Morgan fingerprint density at radius 2 is 1.18 bits per heavy atom. The zero-order valence-electron chi connectivity index (χ0n) is 25.9. The van der Waals surface area contributed by atoms with Crippen molar-refractivity contribution in [3.05, 3.63) is 0 Å².